The van der Waals surface area contributed by atoms with Gasteiger partial charge in [-0.25, -0.2) is 4.98 Å². The van der Waals surface area contributed by atoms with Crippen molar-refractivity contribution in [3.8, 4) is 11.3 Å². The van der Waals surface area contributed by atoms with Gasteiger partial charge in [-0.3, -0.25) is 10.1 Å². The first kappa shape index (κ1) is 13.5. The van der Waals surface area contributed by atoms with Gasteiger partial charge in [-0.15, -0.1) is 11.3 Å². The van der Waals surface area contributed by atoms with Crippen molar-refractivity contribution >= 4 is 28.8 Å². The van der Waals surface area contributed by atoms with Crippen molar-refractivity contribution in [1.82, 2.24) is 10.3 Å². The molecule has 0 bridgehead atoms. The van der Waals surface area contributed by atoms with Crippen LogP contribution in [-0.2, 0) is 0 Å². The molecule has 1 atom stereocenters. The fraction of sp³-hybridized carbons (Fsp3) is 0.308. The average Bonchev–Trinajstić information content (AvgIpc) is 2.98. The van der Waals surface area contributed by atoms with Crippen molar-refractivity contribution < 1.29 is 4.92 Å². The van der Waals surface area contributed by atoms with Crippen LogP contribution in [0.3, 0.4) is 0 Å². The summed E-state index contributed by atoms with van der Waals surface area (Å²) in [6, 6.07) is 7.00. The van der Waals surface area contributed by atoms with Crippen LogP contribution in [0, 0.1) is 10.1 Å². The van der Waals surface area contributed by atoms with E-state index < -0.39 is 0 Å². The van der Waals surface area contributed by atoms with E-state index in [-0.39, 0.29) is 16.7 Å². The first-order valence-electron chi connectivity index (χ1n) is 6.26. The first-order chi connectivity index (χ1) is 9.75. The Balaban J connectivity index is 1.92. The number of nitro groups is 1. The third kappa shape index (κ3) is 2.70. The molecule has 0 spiro atoms. The quantitative estimate of drug-likeness (QED) is 0.697. The highest BCUT2D eigenvalue weighted by Crippen LogP contribution is 2.33. The zero-order chi connectivity index (χ0) is 13.9. The summed E-state index contributed by atoms with van der Waals surface area (Å²) >= 11 is 3.47. The number of hydrogen-bond acceptors (Lipinski definition) is 6. The van der Waals surface area contributed by atoms with Gasteiger partial charge in [-0.05, 0) is 6.07 Å². The van der Waals surface area contributed by atoms with Crippen LogP contribution in [0.15, 0.2) is 29.6 Å². The first-order valence-corrected chi connectivity index (χ1v) is 8.29. The number of benzene rings is 1. The van der Waals surface area contributed by atoms with Crippen molar-refractivity contribution in [2.45, 2.75) is 6.04 Å². The van der Waals surface area contributed by atoms with E-state index in [9.17, 15) is 10.1 Å². The minimum Gasteiger partial charge on any atom is -0.306 e. The molecule has 2 heterocycles. The Morgan fingerprint density at radius 1 is 1.40 bits per heavy atom. The number of para-hydroxylation sites is 1. The second-order valence-electron chi connectivity index (χ2n) is 4.43. The van der Waals surface area contributed by atoms with Crippen LogP contribution in [0.5, 0.6) is 0 Å². The summed E-state index contributed by atoms with van der Waals surface area (Å²) in [5.41, 5.74) is 1.38. The molecular formula is C13H13N3O2S2. The van der Waals surface area contributed by atoms with Crippen LogP contribution in [0.2, 0.25) is 0 Å². The van der Waals surface area contributed by atoms with Crippen molar-refractivity contribution in [1.29, 1.82) is 0 Å². The molecule has 7 heteroatoms. The average molecular weight is 307 g/mol. The van der Waals surface area contributed by atoms with E-state index >= 15 is 0 Å². The Labute approximate surface area is 124 Å². The van der Waals surface area contributed by atoms with Gasteiger partial charge in [-0.2, -0.15) is 11.8 Å². The lowest BCUT2D eigenvalue weighted by molar-refractivity contribution is -0.384. The van der Waals surface area contributed by atoms with Crippen molar-refractivity contribution in [2.75, 3.05) is 18.1 Å². The Hall–Kier alpha value is -1.44. The number of nitro benzene ring substituents is 1. The summed E-state index contributed by atoms with van der Waals surface area (Å²) < 4.78 is 0. The molecule has 1 saturated heterocycles. The maximum Gasteiger partial charge on any atom is 0.278 e. The lowest BCUT2D eigenvalue weighted by Crippen LogP contribution is -2.30. The number of hydrogen-bond donors (Lipinski definition) is 1. The molecule has 3 rings (SSSR count). The van der Waals surface area contributed by atoms with E-state index in [0.717, 1.165) is 23.1 Å². The fourth-order valence-corrected chi connectivity index (χ4v) is 4.08. The van der Waals surface area contributed by atoms with E-state index in [4.69, 9.17) is 0 Å². The third-order valence-corrected chi connectivity index (χ3v) is 5.14. The molecule has 2 aromatic rings. The van der Waals surface area contributed by atoms with Gasteiger partial charge < -0.3 is 5.32 Å². The van der Waals surface area contributed by atoms with Crippen molar-refractivity contribution in [3.63, 3.8) is 0 Å². The molecule has 0 amide bonds. The minimum atomic E-state index is -0.358. The van der Waals surface area contributed by atoms with Gasteiger partial charge in [0.05, 0.1) is 22.2 Å². The van der Waals surface area contributed by atoms with Crippen LogP contribution in [0.25, 0.3) is 11.3 Å². The normalized spacial score (nSPS) is 18.9. The summed E-state index contributed by atoms with van der Waals surface area (Å²) in [5.74, 6) is 2.13. The summed E-state index contributed by atoms with van der Waals surface area (Å²) in [5, 5.41) is 17.4. The van der Waals surface area contributed by atoms with Crippen LogP contribution in [0.4, 0.5) is 5.69 Å². The monoisotopic (exact) mass is 307 g/mol. The summed E-state index contributed by atoms with van der Waals surface area (Å²) in [6.07, 6.45) is 0. The van der Waals surface area contributed by atoms with E-state index in [1.807, 2.05) is 17.1 Å². The number of thioether (sulfide) groups is 1. The molecular weight excluding hydrogens is 294 g/mol. The van der Waals surface area contributed by atoms with Gasteiger partial charge in [0.1, 0.15) is 5.01 Å². The SMILES string of the molecule is O=[N+]([O-])c1ccccc1-c1csc(C2CSCCN2)n1. The second kappa shape index (κ2) is 5.90. The van der Waals surface area contributed by atoms with Gasteiger partial charge in [0.25, 0.3) is 5.69 Å². The van der Waals surface area contributed by atoms with E-state index in [1.165, 1.54) is 6.07 Å². The Bertz CT molecular complexity index is 624. The van der Waals surface area contributed by atoms with Gasteiger partial charge in [-0.1, -0.05) is 12.1 Å². The molecule has 1 aromatic heterocycles. The largest absolute Gasteiger partial charge is 0.306 e. The predicted octanol–water partition coefficient (Wildman–Crippen LogP) is 3.10. The van der Waals surface area contributed by atoms with Crippen LogP contribution in [0.1, 0.15) is 11.0 Å². The maximum atomic E-state index is 11.1. The van der Waals surface area contributed by atoms with Crippen LogP contribution >= 0.6 is 23.1 Å². The molecule has 0 radical (unpaired) electrons. The molecule has 5 nitrogen and oxygen atoms in total. The molecule has 20 heavy (non-hydrogen) atoms. The number of nitrogens with zero attached hydrogens (tertiary/aromatic N) is 2. The summed E-state index contributed by atoms with van der Waals surface area (Å²) in [7, 11) is 0. The minimum absolute atomic E-state index is 0.107. The maximum absolute atomic E-state index is 11.1. The van der Waals surface area contributed by atoms with Crippen molar-refractivity contribution in [3.05, 3.63) is 44.8 Å². The smallest absolute Gasteiger partial charge is 0.278 e. The van der Waals surface area contributed by atoms with E-state index in [2.05, 4.69) is 10.3 Å². The predicted molar refractivity (Wildman–Crippen MR) is 82.3 cm³/mol. The molecule has 1 unspecified atom stereocenters. The van der Waals surface area contributed by atoms with Gasteiger partial charge >= 0.3 is 0 Å². The van der Waals surface area contributed by atoms with E-state index in [0.29, 0.717) is 11.3 Å². The van der Waals surface area contributed by atoms with Crippen LogP contribution < -0.4 is 5.32 Å². The number of nitrogens with one attached hydrogen (secondary N) is 1. The van der Waals surface area contributed by atoms with Crippen LogP contribution in [-0.4, -0.2) is 28.0 Å². The van der Waals surface area contributed by atoms with Gasteiger partial charge in [0.2, 0.25) is 0 Å². The standard InChI is InChI=1S/C13H13N3O2S2/c17-16(18)12-4-2-1-3-9(12)10-8-20-13(15-10)11-7-19-6-5-14-11/h1-4,8,11,14H,5-7H2. The highest BCUT2D eigenvalue weighted by molar-refractivity contribution is 7.99. The molecule has 1 aliphatic rings. The third-order valence-electron chi connectivity index (χ3n) is 3.12. The Kier molecular flexibility index (Phi) is 4.00. The van der Waals surface area contributed by atoms with Gasteiger partial charge in [0.15, 0.2) is 0 Å². The summed E-state index contributed by atoms with van der Waals surface area (Å²) in [4.78, 5) is 15.3. The molecule has 1 aromatic carbocycles. The lowest BCUT2D eigenvalue weighted by atomic mass is 10.1. The number of rotatable bonds is 3. The molecule has 1 aliphatic heterocycles. The highest BCUT2D eigenvalue weighted by Gasteiger charge is 2.21. The second-order valence-corrected chi connectivity index (χ2v) is 6.47. The highest BCUT2D eigenvalue weighted by atomic mass is 32.2. The lowest BCUT2D eigenvalue weighted by Gasteiger charge is -2.20. The Morgan fingerprint density at radius 3 is 3.00 bits per heavy atom. The zero-order valence-electron chi connectivity index (χ0n) is 10.6. The fourth-order valence-electron chi connectivity index (χ4n) is 2.14. The number of thiazole rings is 1. The molecule has 104 valence electrons. The number of aromatic nitrogens is 1. The van der Waals surface area contributed by atoms with Crippen molar-refractivity contribution in [2.24, 2.45) is 0 Å². The molecule has 1 N–H and O–H groups in total. The van der Waals surface area contributed by atoms with Gasteiger partial charge in [0, 0.05) is 29.5 Å². The zero-order valence-corrected chi connectivity index (χ0v) is 12.2. The topological polar surface area (TPSA) is 68.1 Å². The molecule has 1 fully saturated rings. The van der Waals surface area contributed by atoms with E-state index in [1.54, 1.807) is 29.5 Å². The Morgan fingerprint density at radius 2 is 2.25 bits per heavy atom. The summed E-state index contributed by atoms with van der Waals surface area (Å²) in [6.45, 7) is 0.982. The molecule has 0 aliphatic carbocycles. The molecule has 0 saturated carbocycles.